The number of hydrogen-bond donors (Lipinski definition) is 2. The molecule has 1 aliphatic heterocycles. The van der Waals surface area contributed by atoms with Crippen LogP contribution in [0.25, 0.3) is 16.9 Å². The van der Waals surface area contributed by atoms with Crippen molar-refractivity contribution in [3.8, 4) is 16.9 Å². The molecule has 6 nitrogen and oxygen atoms in total. The number of halogens is 3. The van der Waals surface area contributed by atoms with Gasteiger partial charge in [-0.2, -0.15) is 13.2 Å². The van der Waals surface area contributed by atoms with Crippen LogP contribution in [0.2, 0.25) is 0 Å². The summed E-state index contributed by atoms with van der Waals surface area (Å²) >= 11 is 0. The van der Waals surface area contributed by atoms with Crippen LogP contribution in [0.3, 0.4) is 0 Å². The molecule has 1 fully saturated rings. The quantitative estimate of drug-likeness (QED) is 0.636. The Kier molecular flexibility index (Phi) is 5.50. The first-order chi connectivity index (χ1) is 15.1. The minimum Gasteiger partial charge on any atom is -0.355 e. The third-order valence-electron chi connectivity index (χ3n) is 5.57. The first-order valence-electron chi connectivity index (χ1n) is 10.1. The number of anilines is 1. The van der Waals surface area contributed by atoms with Crippen LogP contribution in [0.1, 0.15) is 18.1 Å². The Morgan fingerprint density at radius 1 is 1.16 bits per heavy atom. The van der Waals surface area contributed by atoms with Gasteiger partial charge in [-0.25, -0.2) is 4.68 Å². The van der Waals surface area contributed by atoms with Crippen molar-refractivity contribution in [2.45, 2.75) is 20.0 Å². The Labute approximate surface area is 182 Å². The predicted molar refractivity (Wildman–Crippen MR) is 113 cm³/mol. The normalized spacial score (nSPS) is 18.5. The van der Waals surface area contributed by atoms with E-state index < -0.39 is 23.6 Å². The number of aryl methyl sites for hydroxylation is 1. The van der Waals surface area contributed by atoms with Crippen molar-refractivity contribution in [3.63, 3.8) is 0 Å². The SMILES string of the molecule is Cc1ccc(-n2nc(NC(=O)[C@H]3CNC(=O)[C@@H]3C)cc2-c2cccc(C(F)(F)F)c2)cc1. The molecule has 0 unspecified atom stereocenters. The van der Waals surface area contributed by atoms with E-state index in [-0.39, 0.29) is 24.2 Å². The van der Waals surface area contributed by atoms with Gasteiger partial charge in [-0.15, -0.1) is 5.10 Å². The molecule has 0 radical (unpaired) electrons. The number of nitrogens with zero attached hydrogens (tertiary/aromatic N) is 2. The zero-order valence-corrected chi connectivity index (χ0v) is 17.4. The molecule has 0 saturated carbocycles. The van der Waals surface area contributed by atoms with Crippen LogP contribution in [0.4, 0.5) is 19.0 Å². The third-order valence-corrected chi connectivity index (χ3v) is 5.57. The molecule has 2 heterocycles. The first-order valence-corrected chi connectivity index (χ1v) is 10.1. The Bertz CT molecular complexity index is 1170. The van der Waals surface area contributed by atoms with Gasteiger partial charge < -0.3 is 10.6 Å². The predicted octanol–water partition coefficient (Wildman–Crippen LogP) is 4.19. The van der Waals surface area contributed by atoms with E-state index in [0.29, 0.717) is 16.9 Å². The topological polar surface area (TPSA) is 76.0 Å². The molecule has 3 aromatic rings. The number of alkyl halides is 3. The minimum atomic E-state index is -4.49. The van der Waals surface area contributed by atoms with Gasteiger partial charge in [-0.05, 0) is 31.2 Å². The van der Waals surface area contributed by atoms with E-state index in [9.17, 15) is 22.8 Å². The van der Waals surface area contributed by atoms with Gasteiger partial charge in [0.15, 0.2) is 5.82 Å². The molecule has 166 valence electrons. The number of amides is 2. The number of rotatable bonds is 4. The van der Waals surface area contributed by atoms with Gasteiger partial charge in [0.1, 0.15) is 0 Å². The second kappa shape index (κ2) is 8.14. The first kappa shape index (κ1) is 21.6. The monoisotopic (exact) mass is 442 g/mol. The molecule has 0 bridgehead atoms. The van der Waals surface area contributed by atoms with Crippen molar-refractivity contribution in [1.29, 1.82) is 0 Å². The van der Waals surface area contributed by atoms with E-state index >= 15 is 0 Å². The lowest BCUT2D eigenvalue weighted by molar-refractivity contribution is -0.137. The Hall–Kier alpha value is -3.62. The van der Waals surface area contributed by atoms with Crippen molar-refractivity contribution in [1.82, 2.24) is 15.1 Å². The highest BCUT2D eigenvalue weighted by atomic mass is 19.4. The van der Waals surface area contributed by atoms with Crippen LogP contribution in [0.15, 0.2) is 54.6 Å². The Morgan fingerprint density at radius 2 is 1.88 bits per heavy atom. The largest absolute Gasteiger partial charge is 0.416 e. The molecule has 4 rings (SSSR count). The second-order valence-corrected chi connectivity index (χ2v) is 7.87. The highest BCUT2D eigenvalue weighted by Crippen LogP contribution is 2.34. The van der Waals surface area contributed by atoms with Crippen LogP contribution in [-0.2, 0) is 15.8 Å². The van der Waals surface area contributed by atoms with E-state index in [4.69, 9.17) is 0 Å². The molecule has 2 N–H and O–H groups in total. The number of nitrogens with one attached hydrogen (secondary N) is 2. The molecule has 0 spiro atoms. The molecule has 1 saturated heterocycles. The molecular weight excluding hydrogens is 421 g/mol. The summed E-state index contributed by atoms with van der Waals surface area (Å²) in [7, 11) is 0. The Morgan fingerprint density at radius 3 is 2.50 bits per heavy atom. The van der Waals surface area contributed by atoms with Crippen LogP contribution in [0, 0.1) is 18.8 Å². The summed E-state index contributed by atoms with van der Waals surface area (Å²) in [4.78, 5) is 24.4. The van der Waals surface area contributed by atoms with Gasteiger partial charge in [0.05, 0.1) is 22.9 Å². The smallest absolute Gasteiger partial charge is 0.355 e. The van der Waals surface area contributed by atoms with Crippen LogP contribution in [0.5, 0.6) is 0 Å². The summed E-state index contributed by atoms with van der Waals surface area (Å²) in [5.41, 5.74) is 1.57. The summed E-state index contributed by atoms with van der Waals surface area (Å²) in [6.07, 6.45) is -4.49. The molecule has 9 heteroatoms. The maximum absolute atomic E-state index is 13.3. The summed E-state index contributed by atoms with van der Waals surface area (Å²) in [5, 5.41) is 9.79. The third kappa shape index (κ3) is 4.23. The van der Waals surface area contributed by atoms with Gasteiger partial charge in [-0.3, -0.25) is 9.59 Å². The lowest BCUT2D eigenvalue weighted by Crippen LogP contribution is -2.28. The molecule has 2 amide bonds. The molecule has 0 aliphatic carbocycles. The van der Waals surface area contributed by atoms with Crippen LogP contribution >= 0.6 is 0 Å². The van der Waals surface area contributed by atoms with Crippen molar-refractivity contribution in [2.75, 3.05) is 11.9 Å². The highest BCUT2D eigenvalue weighted by molar-refractivity contribution is 5.98. The summed E-state index contributed by atoms with van der Waals surface area (Å²) in [6, 6.07) is 13.8. The fourth-order valence-corrected chi connectivity index (χ4v) is 3.66. The standard InChI is InChI=1S/C23H21F3N4O2/c1-13-6-8-17(9-7-13)30-19(15-4-3-5-16(10-15)23(24,25)26)11-20(29-30)28-22(32)18-12-27-21(31)14(18)2/h3-11,14,18H,12H2,1-2H3,(H,27,31)(H,28,29,32)/t14-,18+/m1/s1. The van der Waals surface area contributed by atoms with E-state index in [2.05, 4.69) is 15.7 Å². The number of hydrogen-bond acceptors (Lipinski definition) is 3. The molecular formula is C23H21F3N4O2. The molecule has 1 aromatic heterocycles. The van der Waals surface area contributed by atoms with Crippen LogP contribution in [-0.4, -0.2) is 28.1 Å². The average molecular weight is 442 g/mol. The summed E-state index contributed by atoms with van der Waals surface area (Å²) in [6.45, 7) is 3.82. The van der Waals surface area contributed by atoms with E-state index in [1.807, 2.05) is 19.1 Å². The number of carbonyl (C=O) groups is 2. The Balaban J connectivity index is 1.73. The fraction of sp³-hybridized carbons (Fsp3) is 0.261. The maximum Gasteiger partial charge on any atom is 0.416 e. The number of carbonyl (C=O) groups excluding carboxylic acids is 2. The maximum atomic E-state index is 13.3. The zero-order valence-electron chi connectivity index (χ0n) is 17.4. The summed E-state index contributed by atoms with van der Waals surface area (Å²) in [5.74, 6) is -1.41. The fourth-order valence-electron chi connectivity index (χ4n) is 3.66. The van der Waals surface area contributed by atoms with Gasteiger partial charge in [0, 0.05) is 24.1 Å². The molecule has 2 aromatic carbocycles. The van der Waals surface area contributed by atoms with Crippen molar-refractivity contribution < 1.29 is 22.8 Å². The van der Waals surface area contributed by atoms with E-state index in [0.717, 1.165) is 17.7 Å². The zero-order chi connectivity index (χ0) is 23.0. The van der Waals surface area contributed by atoms with Crippen molar-refractivity contribution in [2.24, 2.45) is 11.8 Å². The van der Waals surface area contributed by atoms with Crippen LogP contribution < -0.4 is 10.6 Å². The molecule has 1 aliphatic rings. The van der Waals surface area contributed by atoms with Crippen molar-refractivity contribution in [3.05, 3.63) is 65.7 Å². The second-order valence-electron chi connectivity index (χ2n) is 7.87. The van der Waals surface area contributed by atoms with Gasteiger partial charge in [-0.1, -0.05) is 36.8 Å². The molecule has 2 atom stereocenters. The van der Waals surface area contributed by atoms with Gasteiger partial charge >= 0.3 is 6.18 Å². The highest BCUT2D eigenvalue weighted by Gasteiger charge is 2.36. The minimum absolute atomic E-state index is 0.189. The van der Waals surface area contributed by atoms with Crippen molar-refractivity contribution >= 4 is 17.6 Å². The lowest BCUT2D eigenvalue weighted by Gasteiger charge is -2.11. The summed E-state index contributed by atoms with van der Waals surface area (Å²) < 4.78 is 41.3. The number of aromatic nitrogens is 2. The molecule has 32 heavy (non-hydrogen) atoms. The van der Waals surface area contributed by atoms with Gasteiger partial charge in [0.25, 0.3) is 0 Å². The van der Waals surface area contributed by atoms with E-state index in [1.54, 1.807) is 25.1 Å². The van der Waals surface area contributed by atoms with E-state index in [1.165, 1.54) is 16.8 Å². The number of benzene rings is 2. The van der Waals surface area contributed by atoms with Gasteiger partial charge in [0.2, 0.25) is 11.8 Å². The lowest BCUT2D eigenvalue weighted by atomic mass is 9.97. The average Bonchev–Trinajstić information content (AvgIpc) is 3.31.